The van der Waals surface area contributed by atoms with E-state index in [2.05, 4.69) is 15.6 Å². The van der Waals surface area contributed by atoms with Crippen molar-refractivity contribution >= 4 is 57.9 Å². The SMILES string of the molecule is CC(C)(CO)CNc1ncc2nc(Nc3c(Cl)cc(C#N)cc3Cl)n(C3CCC(C(N)=O)CC3)c2n1. The molecule has 4 rings (SSSR count). The summed E-state index contributed by atoms with van der Waals surface area (Å²) in [5.41, 5.74) is 7.15. The maximum Gasteiger partial charge on any atom is 0.224 e. The molecule has 0 unspecified atom stereocenters. The molecule has 1 aromatic carbocycles. The highest BCUT2D eigenvalue weighted by Gasteiger charge is 2.29. The molecule has 0 atom stereocenters. The van der Waals surface area contributed by atoms with E-state index in [-0.39, 0.29) is 39.9 Å². The lowest BCUT2D eigenvalue weighted by atomic mass is 9.85. The van der Waals surface area contributed by atoms with Crippen LogP contribution in [0.2, 0.25) is 10.0 Å². The molecule has 10 nitrogen and oxygen atoms in total. The lowest BCUT2D eigenvalue weighted by Crippen LogP contribution is -2.29. The first-order valence-electron chi connectivity index (χ1n) is 11.7. The second-order valence-corrected chi connectivity index (χ2v) is 10.7. The summed E-state index contributed by atoms with van der Waals surface area (Å²) < 4.78 is 1.99. The Kier molecular flexibility index (Phi) is 7.54. The smallest absolute Gasteiger partial charge is 0.224 e. The Morgan fingerprint density at radius 2 is 1.92 bits per heavy atom. The quantitative estimate of drug-likeness (QED) is 0.334. The van der Waals surface area contributed by atoms with Crippen LogP contribution in [0.3, 0.4) is 0 Å². The number of carbonyl (C=O) groups is 1. The van der Waals surface area contributed by atoms with Crippen LogP contribution in [0.5, 0.6) is 0 Å². The molecule has 1 aliphatic carbocycles. The molecule has 0 aliphatic heterocycles. The zero-order valence-electron chi connectivity index (χ0n) is 20.1. The Labute approximate surface area is 218 Å². The summed E-state index contributed by atoms with van der Waals surface area (Å²) in [6, 6.07) is 5.10. The largest absolute Gasteiger partial charge is 0.396 e. The molecule has 1 aliphatic rings. The van der Waals surface area contributed by atoms with Crippen LogP contribution in [0.15, 0.2) is 18.3 Å². The Bertz CT molecular complexity index is 1300. The zero-order valence-corrected chi connectivity index (χ0v) is 21.6. The highest BCUT2D eigenvalue weighted by molar-refractivity contribution is 6.39. The van der Waals surface area contributed by atoms with Gasteiger partial charge in [-0.3, -0.25) is 9.36 Å². The normalized spacial score (nSPS) is 18.1. The first-order chi connectivity index (χ1) is 17.1. The molecule has 2 aromatic heterocycles. The number of nitriles is 1. The highest BCUT2D eigenvalue weighted by Crippen LogP contribution is 2.39. The molecule has 2 heterocycles. The summed E-state index contributed by atoms with van der Waals surface area (Å²) in [5, 5.41) is 25.8. The van der Waals surface area contributed by atoms with Crippen LogP contribution < -0.4 is 16.4 Å². The fraction of sp³-hybridized carbons (Fsp3) is 0.458. The Balaban J connectivity index is 1.74. The third-order valence-corrected chi connectivity index (χ3v) is 7.05. The molecule has 5 N–H and O–H groups in total. The van der Waals surface area contributed by atoms with Crippen molar-refractivity contribution in [3.8, 4) is 6.07 Å². The zero-order chi connectivity index (χ0) is 26.0. The van der Waals surface area contributed by atoms with Gasteiger partial charge in [-0.1, -0.05) is 37.0 Å². The van der Waals surface area contributed by atoms with Crippen molar-refractivity contribution < 1.29 is 9.90 Å². The van der Waals surface area contributed by atoms with Gasteiger partial charge in [0.05, 0.1) is 33.6 Å². The van der Waals surface area contributed by atoms with Crippen LogP contribution in [-0.4, -0.2) is 43.7 Å². The molecule has 36 heavy (non-hydrogen) atoms. The van der Waals surface area contributed by atoms with E-state index in [0.29, 0.717) is 66.5 Å². The van der Waals surface area contributed by atoms with E-state index in [1.54, 1.807) is 6.20 Å². The minimum atomic E-state index is -0.346. The molecule has 0 bridgehead atoms. The Morgan fingerprint density at radius 1 is 1.25 bits per heavy atom. The number of halogens is 2. The van der Waals surface area contributed by atoms with Crippen molar-refractivity contribution in [2.45, 2.75) is 45.6 Å². The number of amides is 1. The predicted octanol–water partition coefficient (Wildman–Crippen LogP) is 4.40. The fourth-order valence-corrected chi connectivity index (χ4v) is 4.85. The standard InChI is InChI=1S/C24H28Cl2N8O2/c1-24(2,12-35)11-30-22-29-10-18-21(33-22)34(15-5-3-14(4-6-15)20(28)36)23(31-18)32-19-16(25)7-13(9-27)8-17(19)26/h7-8,10,14-15,35H,3-6,11-12H2,1-2H3,(H2,28,36)(H,31,32)(H,29,30,33). The summed E-state index contributed by atoms with van der Waals surface area (Å²) >= 11 is 12.9. The number of anilines is 3. The Hall–Kier alpha value is -3.13. The first-order valence-corrected chi connectivity index (χ1v) is 12.4. The summed E-state index contributed by atoms with van der Waals surface area (Å²) in [5.74, 6) is 0.460. The monoisotopic (exact) mass is 530 g/mol. The number of nitrogens with one attached hydrogen (secondary N) is 2. The highest BCUT2D eigenvalue weighted by atomic mass is 35.5. The van der Waals surface area contributed by atoms with E-state index in [0.717, 1.165) is 0 Å². The molecule has 0 radical (unpaired) electrons. The topological polar surface area (TPSA) is 155 Å². The van der Waals surface area contributed by atoms with Crippen LogP contribution >= 0.6 is 23.2 Å². The molecule has 1 saturated carbocycles. The number of aliphatic hydroxyl groups is 1. The van der Waals surface area contributed by atoms with Gasteiger partial charge in [-0.25, -0.2) is 9.97 Å². The lowest BCUT2D eigenvalue weighted by Gasteiger charge is -2.29. The number of rotatable bonds is 8. The number of aliphatic hydroxyl groups excluding tert-OH is 1. The lowest BCUT2D eigenvalue weighted by molar-refractivity contribution is -0.122. The number of imidazole rings is 1. The molecule has 1 amide bonds. The summed E-state index contributed by atoms with van der Waals surface area (Å²) in [6.07, 6.45) is 4.39. The van der Waals surface area contributed by atoms with Crippen LogP contribution in [-0.2, 0) is 4.79 Å². The van der Waals surface area contributed by atoms with Crippen molar-refractivity contribution in [3.05, 3.63) is 33.9 Å². The molecular formula is C24H28Cl2N8O2. The average Bonchev–Trinajstić information content (AvgIpc) is 3.22. The third kappa shape index (κ3) is 5.48. The summed E-state index contributed by atoms with van der Waals surface area (Å²) in [6.45, 7) is 4.37. The number of carbonyl (C=O) groups excluding carboxylic acids is 1. The number of benzene rings is 1. The summed E-state index contributed by atoms with van der Waals surface area (Å²) in [7, 11) is 0. The minimum absolute atomic E-state index is 0.000616. The van der Waals surface area contributed by atoms with Gasteiger partial charge in [0.1, 0.15) is 5.52 Å². The molecule has 0 spiro atoms. The second kappa shape index (κ2) is 10.5. The first kappa shape index (κ1) is 25.9. The summed E-state index contributed by atoms with van der Waals surface area (Å²) in [4.78, 5) is 25.5. The van der Waals surface area contributed by atoms with Crippen LogP contribution in [0, 0.1) is 22.7 Å². The fourth-order valence-electron chi connectivity index (χ4n) is 4.27. The van der Waals surface area contributed by atoms with Crippen molar-refractivity contribution in [2.75, 3.05) is 23.8 Å². The van der Waals surface area contributed by atoms with E-state index < -0.39 is 0 Å². The molecule has 0 saturated heterocycles. The van der Waals surface area contributed by atoms with Crippen molar-refractivity contribution in [3.63, 3.8) is 0 Å². The van der Waals surface area contributed by atoms with Gasteiger partial charge in [0.15, 0.2) is 5.65 Å². The van der Waals surface area contributed by atoms with E-state index >= 15 is 0 Å². The average molecular weight is 531 g/mol. The van der Waals surface area contributed by atoms with Gasteiger partial charge in [-0.2, -0.15) is 10.2 Å². The minimum Gasteiger partial charge on any atom is -0.396 e. The number of aromatic nitrogens is 4. The molecule has 190 valence electrons. The van der Waals surface area contributed by atoms with Crippen LogP contribution in [0.1, 0.15) is 51.1 Å². The van der Waals surface area contributed by atoms with Gasteiger partial charge in [-0.05, 0) is 37.8 Å². The van der Waals surface area contributed by atoms with E-state index in [4.69, 9.17) is 38.9 Å². The number of fused-ring (bicyclic) bond motifs is 1. The van der Waals surface area contributed by atoms with E-state index in [1.807, 2.05) is 24.5 Å². The van der Waals surface area contributed by atoms with Crippen molar-refractivity contribution in [2.24, 2.45) is 17.1 Å². The predicted molar refractivity (Wildman–Crippen MR) is 139 cm³/mol. The molecule has 1 fully saturated rings. The van der Waals surface area contributed by atoms with Crippen LogP contribution in [0.4, 0.5) is 17.6 Å². The van der Waals surface area contributed by atoms with Gasteiger partial charge in [0.25, 0.3) is 0 Å². The maximum absolute atomic E-state index is 11.7. The van der Waals surface area contributed by atoms with E-state index in [1.165, 1.54) is 12.1 Å². The van der Waals surface area contributed by atoms with Gasteiger partial charge in [0, 0.05) is 30.5 Å². The number of nitrogens with two attached hydrogens (primary N) is 1. The van der Waals surface area contributed by atoms with Crippen molar-refractivity contribution in [1.29, 1.82) is 5.26 Å². The number of hydrogen-bond acceptors (Lipinski definition) is 8. The van der Waals surface area contributed by atoms with Gasteiger partial charge < -0.3 is 21.5 Å². The molecular weight excluding hydrogens is 503 g/mol. The van der Waals surface area contributed by atoms with Gasteiger partial charge in [0.2, 0.25) is 17.8 Å². The Morgan fingerprint density at radius 3 is 2.50 bits per heavy atom. The van der Waals surface area contributed by atoms with Crippen LogP contribution in [0.25, 0.3) is 11.2 Å². The number of primary amides is 1. The second-order valence-electron chi connectivity index (χ2n) is 9.84. The van der Waals surface area contributed by atoms with E-state index in [9.17, 15) is 15.2 Å². The molecule has 12 heteroatoms. The maximum atomic E-state index is 11.7. The number of nitrogens with zero attached hydrogens (tertiary/aromatic N) is 5. The number of hydrogen-bond donors (Lipinski definition) is 4. The van der Waals surface area contributed by atoms with Crippen molar-refractivity contribution in [1.82, 2.24) is 19.5 Å². The molecule has 3 aromatic rings. The third-order valence-electron chi connectivity index (χ3n) is 6.46. The van der Waals surface area contributed by atoms with Gasteiger partial charge >= 0.3 is 0 Å². The van der Waals surface area contributed by atoms with Gasteiger partial charge in [-0.15, -0.1) is 0 Å².